The third-order valence-corrected chi connectivity index (χ3v) is 8.28. The van der Waals surface area contributed by atoms with Crippen LogP contribution in [0, 0.1) is 22.7 Å². The van der Waals surface area contributed by atoms with Crippen molar-refractivity contribution in [1.29, 1.82) is 0 Å². The number of rotatable bonds is 4. The van der Waals surface area contributed by atoms with Gasteiger partial charge in [0.15, 0.2) is 5.78 Å². The first kappa shape index (κ1) is 22.5. The number of carbonyl (C=O) groups excluding carboxylic acids is 2. The van der Waals surface area contributed by atoms with Crippen molar-refractivity contribution in [3.05, 3.63) is 12.2 Å². The minimum Gasteiger partial charge on any atom is -0.462 e. The smallest absolute Gasteiger partial charge is 0.302 e. The fourth-order valence-electron chi connectivity index (χ4n) is 7.39. The number of esters is 1. The Balaban J connectivity index is 1.97. The molecule has 0 amide bonds. The summed E-state index contributed by atoms with van der Waals surface area (Å²) in [7, 11) is 0. The standard InChI is InChI=1S/C25H40O4/c1-8-18(27)10-14-23(5)15-11-20-24(6)13-9-12-22(3,4)21(24)19(28-17(2)26)16-25(20,7)29-23/h10,14,19-21H,8-9,11-13,15-16H2,1-7H3/b14-10+/t19-,20+,21-,23-,24+,25+/m0/s1. The van der Waals surface area contributed by atoms with E-state index in [4.69, 9.17) is 9.47 Å². The van der Waals surface area contributed by atoms with Crippen LogP contribution in [0.2, 0.25) is 0 Å². The number of carbonyl (C=O) groups is 2. The van der Waals surface area contributed by atoms with Crippen molar-refractivity contribution in [3.8, 4) is 0 Å². The summed E-state index contributed by atoms with van der Waals surface area (Å²) in [4.78, 5) is 23.8. The molecule has 3 rings (SSSR count). The van der Waals surface area contributed by atoms with E-state index in [0.29, 0.717) is 18.3 Å². The number of allylic oxidation sites excluding steroid dienone is 1. The van der Waals surface area contributed by atoms with Crippen LogP contribution in [0.3, 0.4) is 0 Å². The van der Waals surface area contributed by atoms with E-state index >= 15 is 0 Å². The molecule has 2 aliphatic carbocycles. The largest absolute Gasteiger partial charge is 0.462 e. The summed E-state index contributed by atoms with van der Waals surface area (Å²) in [6.07, 6.45) is 10.3. The summed E-state index contributed by atoms with van der Waals surface area (Å²) in [6, 6.07) is 0. The normalized spacial score (nSPS) is 44.0. The predicted octanol–water partition coefficient (Wildman–Crippen LogP) is 5.63. The van der Waals surface area contributed by atoms with Gasteiger partial charge in [0.1, 0.15) is 6.10 Å². The van der Waals surface area contributed by atoms with E-state index in [9.17, 15) is 9.59 Å². The second kappa shape index (κ2) is 7.51. The zero-order valence-electron chi connectivity index (χ0n) is 19.5. The molecule has 164 valence electrons. The van der Waals surface area contributed by atoms with Gasteiger partial charge in [-0.15, -0.1) is 0 Å². The molecule has 1 aliphatic heterocycles. The van der Waals surface area contributed by atoms with Gasteiger partial charge in [0.2, 0.25) is 0 Å². The van der Waals surface area contributed by atoms with Gasteiger partial charge in [-0.05, 0) is 68.4 Å². The summed E-state index contributed by atoms with van der Waals surface area (Å²) in [6.45, 7) is 14.8. The highest BCUT2D eigenvalue weighted by molar-refractivity contribution is 5.89. The maximum absolute atomic E-state index is 12.0. The first-order valence-electron chi connectivity index (χ1n) is 11.4. The van der Waals surface area contributed by atoms with Crippen LogP contribution in [0.25, 0.3) is 0 Å². The second-order valence-corrected chi connectivity index (χ2v) is 11.1. The van der Waals surface area contributed by atoms with Gasteiger partial charge in [-0.2, -0.15) is 0 Å². The minimum absolute atomic E-state index is 0.0825. The Hall–Kier alpha value is -1.16. The number of fused-ring (bicyclic) bond motifs is 3. The van der Waals surface area contributed by atoms with Crippen LogP contribution in [0.15, 0.2) is 12.2 Å². The lowest BCUT2D eigenvalue weighted by Crippen LogP contribution is -2.67. The molecule has 29 heavy (non-hydrogen) atoms. The van der Waals surface area contributed by atoms with E-state index in [0.717, 1.165) is 25.7 Å². The van der Waals surface area contributed by atoms with Crippen LogP contribution < -0.4 is 0 Å². The lowest BCUT2D eigenvalue weighted by atomic mass is 9.43. The average Bonchev–Trinajstić information content (AvgIpc) is 2.57. The Morgan fingerprint density at radius 3 is 2.41 bits per heavy atom. The number of ether oxygens (including phenoxy) is 2. The van der Waals surface area contributed by atoms with Crippen molar-refractivity contribution in [1.82, 2.24) is 0 Å². The highest BCUT2D eigenvalue weighted by Crippen LogP contribution is 2.66. The first-order chi connectivity index (χ1) is 13.4. The maximum atomic E-state index is 12.0. The van der Waals surface area contributed by atoms with Gasteiger partial charge in [-0.3, -0.25) is 9.59 Å². The Bertz CT molecular complexity index is 695. The van der Waals surface area contributed by atoms with Crippen molar-refractivity contribution in [2.45, 2.75) is 111 Å². The van der Waals surface area contributed by atoms with Crippen LogP contribution in [-0.2, 0) is 19.1 Å². The molecule has 0 aromatic carbocycles. The Morgan fingerprint density at radius 2 is 1.79 bits per heavy atom. The van der Waals surface area contributed by atoms with Crippen LogP contribution >= 0.6 is 0 Å². The van der Waals surface area contributed by atoms with Crippen LogP contribution in [0.5, 0.6) is 0 Å². The summed E-state index contributed by atoms with van der Waals surface area (Å²) in [5.74, 6) is 0.697. The van der Waals surface area contributed by atoms with Gasteiger partial charge in [-0.25, -0.2) is 0 Å². The first-order valence-corrected chi connectivity index (χ1v) is 11.4. The van der Waals surface area contributed by atoms with Crippen LogP contribution in [0.4, 0.5) is 0 Å². The zero-order valence-corrected chi connectivity index (χ0v) is 19.5. The van der Waals surface area contributed by atoms with E-state index in [2.05, 4.69) is 34.6 Å². The third-order valence-electron chi connectivity index (χ3n) is 8.28. The molecule has 0 spiro atoms. The molecule has 0 bridgehead atoms. The number of hydrogen-bond donors (Lipinski definition) is 0. The molecule has 3 fully saturated rings. The fourth-order valence-corrected chi connectivity index (χ4v) is 7.39. The Kier molecular flexibility index (Phi) is 5.84. The summed E-state index contributed by atoms with van der Waals surface area (Å²) in [5, 5.41) is 0. The fraction of sp³-hybridized carbons (Fsp3) is 0.840. The molecular weight excluding hydrogens is 364 g/mol. The molecule has 1 heterocycles. The molecule has 4 nitrogen and oxygen atoms in total. The summed E-state index contributed by atoms with van der Waals surface area (Å²) < 4.78 is 12.8. The average molecular weight is 405 g/mol. The second-order valence-electron chi connectivity index (χ2n) is 11.1. The van der Waals surface area contributed by atoms with Gasteiger partial charge < -0.3 is 9.47 Å². The minimum atomic E-state index is -0.454. The predicted molar refractivity (Wildman–Crippen MR) is 114 cm³/mol. The van der Waals surface area contributed by atoms with Crippen molar-refractivity contribution in [2.24, 2.45) is 22.7 Å². The van der Waals surface area contributed by atoms with Gasteiger partial charge in [0, 0.05) is 25.7 Å². The molecule has 0 radical (unpaired) electrons. The molecule has 6 atom stereocenters. The summed E-state index contributed by atoms with van der Waals surface area (Å²) >= 11 is 0. The van der Waals surface area contributed by atoms with E-state index in [1.54, 1.807) is 6.08 Å². The van der Waals surface area contributed by atoms with Crippen molar-refractivity contribution < 1.29 is 19.1 Å². The lowest BCUT2D eigenvalue weighted by molar-refractivity contribution is -0.279. The SMILES string of the molecule is CCC(=O)/C=C/[C@@]1(C)CC[C@@H]2[C@@]3(C)CCCC(C)(C)[C@@H]3[C@@H](OC(C)=O)C[C@@]2(C)O1. The maximum Gasteiger partial charge on any atom is 0.302 e. The monoisotopic (exact) mass is 404 g/mol. The van der Waals surface area contributed by atoms with Gasteiger partial charge in [0.25, 0.3) is 0 Å². The molecule has 1 saturated heterocycles. The molecule has 3 aliphatic rings. The Labute approximate surface area is 176 Å². The molecule has 0 N–H and O–H groups in total. The summed E-state index contributed by atoms with van der Waals surface area (Å²) in [5.41, 5.74) is -0.600. The number of ketones is 1. The highest BCUT2D eigenvalue weighted by Gasteiger charge is 2.65. The van der Waals surface area contributed by atoms with Crippen LogP contribution in [-0.4, -0.2) is 29.1 Å². The highest BCUT2D eigenvalue weighted by atomic mass is 16.6. The molecular formula is C25H40O4. The van der Waals surface area contributed by atoms with E-state index < -0.39 is 5.60 Å². The lowest BCUT2D eigenvalue weighted by Gasteiger charge is -2.66. The van der Waals surface area contributed by atoms with E-state index in [1.807, 2.05) is 13.0 Å². The van der Waals surface area contributed by atoms with Gasteiger partial charge in [-0.1, -0.05) is 34.1 Å². The molecule has 0 aromatic heterocycles. The Morgan fingerprint density at radius 1 is 1.10 bits per heavy atom. The van der Waals surface area contributed by atoms with E-state index in [1.165, 1.54) is 19.8 Å². The van der Waals surface area contributed by atoms with Crippen molar-refractivity contribution in [3.63, 3.8) is 0 Å². The van der Waals surface area contributed by atoms with Crippen molar-refractivity contribution >= 4 is 11.8 Å². The molecule has 4 heteroatoms. The van der Waals surface area contributed by atoms with E-state index in [-0.39, 0.29) is 34.3 Å². The number of hydrogen-bond acceptors (Lipinski definition) is 4. The third kappa shape index (κ3) is 4.06. The quantitative estimate of drug-likeness (QED) is 0.450. The van der Waals surface area contributed by atoms with Crippen molar-refractivity contribution in [2.75, 3.05) is 0 Å². The van der Waals surface area contributed by atoms with Gasteiger partial charge >= 0.3 is 5.97 Å². The van der Waals surface area contributed by atoms with Crippen LogP contribution in [0.1, 0.15) is 93.4 Å². The molecule has 0 unspecified atom stereocenters. The topological polar surface area (TPSA) is 52.6 Å². The molecule has 0 aromatic rings. The van der Waals surface area contributed by atoms with Gasteiger partial charge in [0.05, 0.1) is 11.2 Å². The molecule has 2 saturated carbocycles. The zero-order chi connectivity index (χ0) is 21.7.